The third-order valence-electron chi connectivity index (χ3n) is 3.59. The van der Waals surface area contributed by atoms with Crippen LogP contribution in [0.3, 0.4) is 0 Å². The molecule has 0 aliphatic carbocycles. The van der Waals surface area contributed by atoms with Gasteiger partial charge in [0.15, 0.2) is 0 Å². The number of nitrogens with one attached hydrogen (secondary N) is 2. The molecule has 0 saturated heterocycles. The van der Waals surface area contributed by atoms with Crippen molar-refractivity contribution >= 4 is 23.2 Å². The number of carbonyl (C=O) groups excluding carboxylic acids is 1. The van der Waals surface area contributed by atoms with E-state index in [0.29, 0.717) is 5.02 Å². The molecule has 0 fully saturated rings. The molecule has 0 aromatic heterocycles. The number of anilines is 1. The molecule has 3 rings (SSSR count). The Morgan fingerprint density at radius 1 is 1.29 bits per heavy atom. The lowest BCUT2D eigenvalue weighted by molar-refractivity contribution is 0.102. The summed E-state index contributed by atoms with van der Waals surface area (Å²) < 4.78 is 0. The van der Waals surface area contributed by atoms with Crippen LogP contribution in [0.1, 0.15) is 21.5 Å². The number of rotatable bonds is 2. The second-order valence-corrected chi connectivity index (χ2v) is 5.40. The van der Waals surface area contributed by atoms with Crippen LogP contribution in [0.25, 0.3) is 0 Å². The Hall–Kier alpha value is -2.04. The number of hydrogen-bond acceptors (Lipinski definition) is 3. The van der Waals surface area contributed by atoms with Crippen LogP contribution in [0.15, 0.2) is 36.4 Å². The summed E-state index contributed by atoms with van der Waals surface area (Å²) in [6.45, 7) is 1.68. The molecule has 2 aromatic rings. The normalized spacial score (nSPS) is 13.6. The molecule has 1 aliphatic rings. The molecule has 5 heteroatoms. The molecule has 3 N–H and O–H groups in total. The number of carbonyl (C=O) groups is 1. The summed E-state index contributed by atoms with van der Waals surface area (Å²) in [4.78, 5) is 12.3. The number of halogens is 1. The Morgan fingerprint density at radius 3 is 3.00 bits per heavy atom. The highest BCUT2D eigenvalue weighted by atomic mass is 35.5. The van der Waals surface area contributed by atoms with E-state index in [1.165, 1.54) is 23.8 Å². The van der Waals surface area contributed by atoms with Gasteiger partial charge in [-0.15, -0.1) is 0 Å². The molecule has 2 aromatic carbocycles. The van der Waals surface area contributed by atoms with Gasteiger partial charge in [0.25, 0.3) is 5.91 Å². The molecule has 108 valence electrons. The van der Waals surface area contributed by atoms with E-state index in [2.05, 4.69) is 16.7 Å². The van der Waals surface area contributed by atoms with Gasteiger partial charge in [-0.2, -0.15) is 0 Å². The summed E-state index contributed by atoms with van der Waals surface area (Å²) in [7, 11) is 0. The van der Waals surface area contributed by atoms with Gasteiger partial charge in [0.2, 0.25) is 0 Å². The fraction of sp³-hybridized carbons (Fsp3) is 0.188. The third kappa shape index (κ3) is 2.86. The van der Waals surface area contributed by atoms with Crippen molar-refractivity contribution in [2.75, 3.05) is 11.9 Å². The van der Waals surface area contributed by atoms with Crippen molar-refractivity contribution in [3.05, 3.63) is 58.1 Å². The average Bonchev–Trinajstić information content (AvgIpc) is 2.50. The molecule has 1 aliphatic heterocycles. The number of amides is 1. The van der Waals surface area contributed by atoms with E-state index in [1.54, 1.807) is 0 Å². The van der Waals surface area contributed by atoms with Gasteiger partial charge in [0.1, 0.15) is 5.75 Å². The van der Waals surface area contributed by atoms with Crippen LogP contribution in [0.4, 0.5) is 5.69 Å². The maximum absolute atomic E-state index is 12.3. The maximum atomic E-state index is 12.3. The minimum atomic E-state index is -0.324. The van der Waals surface area contributed by atoms with E-state index in [4.69, 9.17) is 11.6 Å². The first-order valence-corrected chi connectivity index (χ1v) is 7.14. The third-order valence-corrected chi connectivity index (χ3v) is 3.92. The van der Waals surface area contributed by atoms with Crippen LogP contribution in [0.5, 0.6) is 5.75 Å². The Kier molecular flexibility index (Phi) is 3.82. The minimum Gasteiger partial charge on any atom is -0.508 e. The van der Waals surface area contributed by atoms with Crippen molar-refractivity contribution in [2.45, 2.75) is 13.0 Å². The van der Waals surface area contributed by atoms with Gasteiger partial charge in [-0.25, -0.2) is 0 Å². The van der Waals surface area contributed by atoms with E-state index in [0.717, 1.165) is 30.8 Å². The standard InChI is InChI=1S/C16H15ClN2O2/c17-14-5-4-11(20)8-12(14)16(21)19-15-3-1-2-10-6-7-18-9-13(10)15/h1-5,8,18,20H,6-7,9H2,(H,19,21). The summed E-state index contributed by atoms with van der Waals surface area (Å²) in [5.41, 5.74) is 3.39. The second kappa shape index (κ2) is 5.76. The molecule has 1 heterocycles. The molecule has 1 amide bonds. The fourth-order valence-electron chi connectivity index (χ4n) is 2.51. The monoisotopic (exact) mass is 302 g/mol. The summed E-state index contributed by atoms with van der Waals surface area (Å²) in [6.07, 6.45) is 0.950. The average molecular weight is 303 g/mol. The van der Waals surface area contributed by atoms with Crippen molar-refractivity contribution in [2.24, 2.45) is 0 Å². The highest BCUT2D eigenvalue weighted by Gasteiger charge is 2.16. The van der Waals surface area contributed by atoms with Crippen LogP contribution >= 0.6 is 11.6 Å². The van der Waals surface area contributed by atoms with Gasteiger partial charge >= 0.3 is 0 Å². The second-order valence-electron chi connectivity index (χ2n) is 4.99. The van der Waals surface area contributed by atoms with Gasteiger partial charge in [-0.3, -0.25) is 4.79 Å². The van der Waals surface area contributed by atoms with E-state index < -0.39 is 0 Å². The number of phenolic OH excluding ortho intramolecular Hbond substituents is 1. The minimum absolute atomic E-state index is 0.0151. The largest absolute Gasteiger partial charge is 0.508 e. The first-order valence-electron chi connectivity index (χ1n) is 6.76. The van der Waals surface area contributed by atoms with Crippen LogP contribution in [0, 0.1) is 0 Å². The molecule has 0 saturated carbocycles. The molecular formula is C16H15ClN2O2. The molecule has 0 atom stereocenters. The zero-order chi connectivity index (χ0) is 14.8. The Labute approximate surface area is 127 Å². The first kappa shape index (κ1) is 13.9. The van der Waals surface area contributed by atoms with Crippen LogP contribution < -0.4 is 10.6 Å². The predicted molar refractivity (Wildman–Crippen MR) is 82.9 cm³/mol. The Balaban J connectivity index is 1.90. The van der Waals surface area contributed by atoms with E-state index in [-0.39, 0.29) is 17.2 Å². The van der Waals surface area contributed by atoms with Crippen molar-refractivity contribution in [1.29, 1.82) is 0 Å². The topological polar surface area (TPSA) is 61.4 Å². The lowest BCUT2D eigenvalue weighted by atomic mass is 9.99. The molecule has 0 bridgehead atoms. The number of benzene rings is 2. The predicted octanol–water partition coefficient (Wildman–Crippen LogP) is 2.94. The number of hydrogen-bond donors (Lipinski definition) is 3. The van der Waals surface area contributed by atoms with Gasteiger partial charge in [0.05, 0.1) is 10.6 Å². The summed E-state index contributed by atoms with van der Waals surface area (Å²) in [6, 6.07) is 10.2. The molecule has 0 radical (unpaired) electrons. The molecule has 4 nitrogen and oxygen atoms in total. The first-order chi connectivity index (χ1) is 10.1. The summed E-state index contributed by atoms with van der Waals surface area (Å²) in [5, 5.41) is 16.0. The van der Waals surface area contributed by atoms with Gasteiger partial charge < -0.3 is 15.7 Å². The number of aromatic hydroxyl groups is 1. The highest BCUT2D eigenvalue weighted by molar-refractivity contribution is 6.34. The van der Waals surface area contributed by atoms with Gasteiger partial charge in [0, 0.05) is 12.2 Å². The van der Waals surface area contributed by atoms with E-state index in [1.807, 2.05) is 12.1 Å². The Morgan fingerprint density at radius 2 is 2.14 bits per heavy atom. The van der Waals surface area contributed by atoms with Crippen LogP contribution in [0.2, 0.25) is 5.02 Å². The van der Waals surface area contributed by atoms with Crippen molar-refractivity contribution < 1.29 is 9.90 Å². The highest BCUT2D eigenvalue weighted by Crippen LogP contribution is 2.26. The summed E-state index contributed by atoms with van der Waals surface area (Å²) >= 11 is 6.02. The quantitative estimate of drug-likeness (QED) is 0.799. The van der Waals surface area contributed by atoms with Gasteiger partial charge in [-0.05, 0) is 48.4 Å². The molecule has 0 spiro atoms. The van der Waals surface area contributed by atoms with Gasteiger partial charge in [-0.1, -0.05) is 23.7 Å². The molecular weight excluding hydrogens is 288 g/mol. The van der Waals surface area contributed by atoms with E-state index in [9.17, 15) is 9.90 Å². The SMILES string of the molecule is O=C(Nc1cccc2c1CNCC2)c1cc(O)ccc1Cl. The molecule has 21 heavy (non-hydrogen) atoms. The van der Waals surface area contributed by atoms with E-state index >= 15 is 0 Å². The Bertz CT molecular complexity index is 701. The van der Waals surface area contributed by atoms with Crippen LogP contribution in [-0.4, -0.2) is 17.6 Å². The maximum Gasteiger partial charge on any atom is 0.257 e. The van der Waals surface area contributed by atoms with Crippen molar-refractivity contribution in [1.82, 2.24) is 5.32 Å². The lowest BCUT2D eigenvalue weighted by Gasteiger charge is -2.20. The molecule has 0 unspecified atom stereocenters. The number of fused-ring (bicyclic) bond motifs is 1. The fourth-order valence-corrected chi connectivity index (χ4v) is 2.71. The smallest absolute Gasteiger partial charge is 0.257 e. The summed E-state index contributed by atoms with van der Waals surface area (Å²) in [5.74, 6) is -0.309. The van der Waals surface area contributed by atoms with Crippen LogP contribution in [-0.2, 0) is 13.0 Å². The van der Waals surface area contributed by atoms with Crippen molar-refractivity contribution in [3.8, 4) is 5.75 Å². The zero-order valence-corrected chi connectivity index (χ0v) is 12.1. The zero-order valence-electron chi connectivity index (χ0n) is 11.3. The number of phenols is 1. The van der Waals surface area contributed by atoms with Crippen molar-refractivity contribution in [3.63, 3.8) is 0 Å². The lowest BCUT2D eigenvalue weighted by Crippen LogP contribution is -2.25.